The van der Waals surface area contributed by atoms with E-state index in [0.717, 1.165) is 11.9 Å². The summed E-state index contributed by atoms with van der Waals surface area (Å²) in [7, 11) is 0. The zero-order valence-corrected chi connectivity index (χ0v) is 15.5. The normalized spacial score (nSPS) is 11.3. The van der Waals surface area contributed by atoms with Crippen molar-refractivity contribution in [2.24, 2.45) is 0 Å². The molecule has 0 radical (unpaired) electrons. The lowest BCUT2D eigenvalue weighted by Gasteiger charge is -2.15. The SMILES string of the molecule is Cc1ccc(O)c(C)c1Oc1nc(-c2cncn2C(F)F)cc2ncnc(N)c12. The molecule has 4 rings (SSSR count). The maximum atomic E-state index is 13.3. The first-order valence-corrected chi connectivity index (χ1v) is 8.55. The third-order valence-corrected chi connectivity index (χ3v) is 4.53. The maximum Gasteiger partial charge on any atom is 0.320 e. The van der Waals surface area contributed by atoms with Gasteiger partial charge in [-0.25, -0.2) is 19.9 Å². The number of benzene rings is 1. The number of imidazole rings is 1. The van der Waals surface area contributed by atoms with E-state index in [2.05, 4.69) is 19.9 Å². The molecule has 4 aromatic rings. The minimum atomic E-state index is -2.79. The summed E-state index contributed by atoms with van der Waals surface area (Å²) in [5, 5.41) is 10.4. The van der Waals surface area contributed by atoms with Crippen LogP contribution in [0.1, 0.15) is 17.7 Å². The van der Waals surface area contributed by atoms with Gasteiger partial charge in [-0.15, -0.1) is 0 Å². The van der Waals surface area contributed by atoms with Crippen LogP contribution in [0, 0.1) is 13.8 Å². The van der Waals surface area contributed by atoms with Gasteiger partial charge in [0.25, 0.3) is 0 Å². The van der Waals surface area contributed by atoms with Crippen LogP contribution in [0.4, 0.5) is 14.6 Å². The van der Waals surface area contributed by atoms with Crippen molar-refractivity contribution >= 4 is 16.7 Å². The molecule has 0 unspecified atom stereocenters. The van der Waals surface area contributed by atoms with Gasteiger partial charge in [0.05, 0.1) is 29.4 Å². The summed E-state index contributed by atoms with van der Waals surface area (Å²) in [6, 6.07) is 4.76. The van der Waals surface area contributed by atoms with Crippen molar-refractivity contribution in [3.63, 3.8) is 0 Å². The maximum absolute atomic E-state index is 13.3. The van der Waals surface area contributed by atoms with E-state index in [4.69, 9.17) is 10.5 Å². The van der Waals surface area contributed by atoms with Crippen molar-refractivity contribution in [3.8, 4) is 28.8 Å². The van der Waals surface area contributed by atoms with Crippen LogP contribution < -0.4 is 10.5 Å². The number of nitrogens with two attached hydrogens (primary N) is 1. The number of aromatic nitrogens is 5. The van der Waals surface area contributed by atoms with Crippen LogP contribution >= 0.6 is 0 Å². The number of aryl methyl sites for hydroxylation is 1. The molecule has 0 saturated carbocycles. The summed E-state index contributed by atoms with van der Waals surface area (Å²) in [5.74, 6) is 0.587. The van der Waals surface area contributed by atoms with Crippen molar-refractivity contribution < 1.29 is 18.6 Å². The molecule has 29 heavy (non-hydrogen) atoms. The smallest absolute Gasteiger partial charge is 0.320 e. The number of anilines is 1. The number of rotatable bonds is 4. The lowest BCUT2D eigenvalue weighted by Crippen LogP contribution is -2.03. The second kappa shape index (κ2) is 6.97. The van der Waals surface area contributed by atoms with E-state index in [1.165, 1.54) is 18.6 Å². The Hall–Kier alpha value is -3.82. The molecule has 0 fully saturated rings. The molecule has 0 spiro atoms. The number of pyridine rings is 1. The fraction of sp³-hybridized carbons (Fsp3) is 0.158. The third-order valence-electron chi connectivity index (χ3n) is 4.53. The Morgan fingerprint density at radius 3 is 2.76 bits per heavy atom. The molecule has 3 N–H and O–H groups in total. The Balaban J connectivity index is 1.95. The lowest BCUT2D eigenvalue weighted by atomic mass is 10.1. The first-order chi connectivity index (χ1) is 13.9. The predicted molar refractivity (Wildman–Crippen MR) is 102 cm³/mol. The molecule has 8 nitrogen and oxygen atoms in total. The minimum Gasteiger partial charge on any atom is -0.508 e. The van der Waals surface area contributed by atoms with E-state index >= 15 is 0 Å². The summed E-state index contributed by atoms with van der Waals surface area (Å²) in [6.45, 7) is 0.704. The van der Waals surface area contributed by atoms with E-state index in [1.54, 1.807) is 26.0 Å². The number of nitrogen functional groups attached to an aromatic ring is 1. The number of fused-ring (bicyclic) bond motifs is 1. The van der Waals surface area contributed by atoms with Gasteiger partial charge in [-0.2, -0.15) is 8.78 Å². The molecule has 3 aromatic heterocycles. The van der Waals surface area contributed by atoms with E-state index in [0.29, 0.717) is 26.8 Å². The molecular weight excluding hydrogens is 382 g/mol. The van der Waals surface area contributed by atoms with Gasteiger partial charge < -0.3 is 15.6 Å². The molecule has 0 bridgehead atoms. The highest BCUT2D eigenvalue weighted by molar-refractivity contribution is 5.94. The Labute approximate surface area is 163 Å². The van der Waals surface area contributed by atoms with Crippen molar-refractivity contribution in [2.75, 3.05) is 5.73 Å². The largest absolute Gasteiger partial charge is 0.508 e. The quantitative estimate of drug-likeness (QED) is 0.535. The standard InChI is InChI=1S/C19H16F2N6O2/c1-9-3-4-14(28)10(2)16(9)29-18-15-12(24-7-25-17(15)22)5-11(26-18)13-6-23-8-27(13)19(20)21/h3-8,19,28H,1-2H3,(H2,22,24,25). The minimum absolute atomic E-state index is 0.0365. The highest BCUT2D eigenvalue weighted by atomic mass is 19.3. The van der Waals surface area contributed by atoms with Crippen LogP contribution in [0.25, 0.3) is 22.3 Å². The fourth-order valence-electron chi connectivity index (χ4n) is 3.00. The molecule has 0 aliphatic heterocycles. The van der Waals surface area contributed by atoms with Crippen LogP contribution in [-0.2, 0) is 0 Å². The highest BCUT2D eigenvalue weighted by Gasteiger charge is 2.20. The van der Waals surface area contributed by atoms with Gasteiger partial charge in [-0.05, 0) is 31.5 Å². The first-order valence-electron chi connectivity index (χ1n) is 8.55. The van der Waals surface area contributed by atoms with Crippen molar-refractivity contribution in [3.05, 3.63) is 48.2 Å². The van der Waals surface area contributed by atoms with Crippen molar-refractivity contribution in [1.29, 1.82) is 0 Å². The average molecular weight is 398 g/mol. The number of halogens is 2. The Morgan fingerprint density at radius 1 is 1.21 bits per heavy atom. The van der Waals surface area contributed by atoms with Gasteiger partial charge >= 0.3 is 6.55 Å². The number of phenols is 1. The summed E-state index contributed by atoms with van der Waals surface area (Å²) >= 11 is 0. The summed E-state index contributed by atoms with van der Waals surface area (Å²) < 4.78 is 33.3. The number of aromatic hydroxyl groups is 1. The van der Waals surface area contributed by atoms with Crippen LogP contribution in [0.5, 0.6) is 17.4 Å². The van der Waals surface area contributed by atoms with Crippen LogP contribution in [-0.4, -0.2) is 29.6 Å². The molecule has 148 valence electrons. The number of alkyl halides is 2. The summed E-state index contributed by atoms with van der Waals surface area (Å²) in [5.41, 5.74) is 7.89. The zero-order chi connectivity index (χ0) is 20.7. The van der Waals surface area contributed by atoms with E-state index in [-0.39, 0.29) is 28.8 Å². The molecule has 1 aromatic carbocycles. The van der Waals surface area contributed by atoms with Gasteiger partial charge in [0.1, 0.15) is 29.0 Å². The van der Waals surface area contributed by atoms with Crippen LogP contribution in [0.15, 0.2) is 37.1 Å². The molecule has 10 heteroatoms. The molecule has 0 aliphatic carbocycles. The Kier molecular flexibility index (Phi) is 4.45. The van der Waals surface area contributed by atoms with Gasteiger partial charge in [0.2, 0.25) is 5.88 Å². The van der Waals surface area contributed by atoms with E-state index in [1.807, 2.05) is 0 Å². The first kappa shape index (κ1) is 18.5. The monoisotopic (exact) mass is 398 g/mol. The molecular formula is C19H16F2N6O2. The van der Waals surface area contributed by atoms with Crippen LogP contribution in [0.2, 0.25) is 0 Å². The van der Waals surface area contributed by atoms with Crippen molar-refractivity contribution in [2.45, 2.75) is 20.4 Å². The topological polar surface area (TPSA) is 112 Å². The molecule has 0 saturated heterocycles. The number of hydrogen-bond donors (Lipinski definition) is 2. The molecule has 0 aliphatic rings. The predicted octanol–water partition coefficient (Wildman–Crippen LogP) is 3.98. The van der Waals surface area contributed by atoms with Gasteiger partial charge in [0, 0.05) is 5.56 Å². The second-order valence-electron chi connectivity index (χ2n) is 6.39. The van der Waals surface area contributed by atoms with E-state index in [9.17, 15) is 13.9 Å². The summed E-state index contributed by atoms with van der Waals surface area (Å²) in [6.07, 6.45) is 3.56. The number of ether oxygens (including phenoxy) is 1. The van der Waals surface area contributed by atoms with E-state index < -0.39 is 6.55 Å². The van der Waals surface area contributed by atoms with Gasteiger partial charge in [-0.3, -0.25) is 4.57 Å². The lowest BCUT2D eigenvalue weighted by molar-refractivity contribution is 0.0718. The highest BCUT2D eigenvalue weighted by Crippen LogP contribution is 2.38. The van der Waals surface area contributed by atoms with Gasteiger partial charge in [-0.1, -0.05) is 6.07 Å². The number of phenolic OH excluding ortho intramolecular Hbond substituents is 1. The zero-order valence-electron chi connectivity index (χ0n) is 15.5. The van der Waals surface area contributed by atoms with Gasteiger partial charge in [0.15, 0.2) is 0 Å². The third kappa shape index (κ3) is 3.18. The second-order valence-corrected chi connectivity index (χ2v) is 6.39. The molecule has 0 amide bonds. The average Bonchev–Trinajstić information content (AvgIpc) is 3.18. The molecule has 3 heterocycles. The Morgan fingerprint density at radius 2 is 2.00 bits per heavy atom. The summed E-state index contributed by atoms with van der Waals surface area (Å²) in [4.78, 5) is 16.3. The van der Waals surface area contributed by atoms with Crippen molar-refractivity contribution in [1.82, 2.24) is 24.5 Å². The van der Waals surface area contributed by atoms with Crippen LogP contribution in [0.3, 0.4) is 0 Å². The molecule has 0 atom stereocenters. The fourth-order valence-corrected chi connectivity index (χ4v) is 3.00. The number of nitrogens with zero attached hydrogens (tertiary/aromatic N) is 5. The Bertz CT molecular complexity index is 1230. The number of hydrogen-bond acceptors (Lipinski definition) is 7.